The Balaban J connectivity index is 2.13. The summed E-state index contributed by atoms with van der Waals surface area (Å²) in [5, 5.41) is 11.1. The second kappa shape index (κ2) is 5.83. The van der Waals surface area contributed by atoms with Crippen molar-refractivity contribution < 1.29 is 8.42 Å². The predicted molar refractivity (Wildman–Crippen MR) is 74.4 cm³/mol. The maximum atomic E-state index is 12.2. The molecule has 0 radical (unpaired) electrons. The van der Waals surface area contributed by atoms with Gasteiger partial charge >= 0.3 is 0 Å². The Morgan fingerprint density at radius 2 is 2.32 bits per heavy atom. The zero-order chi connectivity index (χ0) is 13.9. The van der Waals surface area contributed by atoms with E-state index in [9.17, 15) is 8.42 Å². The zero-order valence-electron chi connectivity index (χ0n) is 10.7. The van der Waals surface area contributed by atoms with Crippen LogP contribution in [0.1, 0.15) is 23.4 Å². The lowest BCUT2D eigenvalue weighted by Gasteiger charge is -2.11. The molecule has 0 bridgehead atoms. The fourth-order valence-electron chi connectivity index (χ4n) is 1.63. The number of sulfonamides is 1. The summed E-state index contributed by atoms with van der Waals surface area (Å²) in [5.74, 6) is 0. The topological polar surface area (TPSA) is 86.9 Å². The number of thiophene rings is 1. The second-order valence-electron chi connectivity index (χ2n) is 4.15. The Labute approximate surface area is 116 Å². The van der Waals surface area contributed by atoms with E-state index in [1.165, 1.54) is 11.3 Å². The Morgan fingerprint density at radius 1 is 1.53 bits per heavy atom. The second-order valence-corrected chi connectivity index (χ2v) is 6.86. The van der Waals surface area contributed by atoms with Gasteiger partial charge in [-0.2, -0.15) is 5.10 Å². The highest BCUT2D eigenvalue weighted by molar-refractivity contribution is 7.89. The molecule has 0 saturated heterocycles. The van der Waals surface area contributed by atoms with E-state index >= 15 is 0 Å². The van der Waals surface area contributed by atoms with Crippen LogP contribution >= 0.6 is 11.3 Å². The third-order valence-electron chi connectivity index (χ3n) is 2.64. The van der Waals surface area contributed by atoms with Gasteiger partial charge in [0, 0.05) is 34.6 Å². The van der Waals surface area contributed by atoms with Crippen LogP contribution in [0, 0.1) is 0 Å². The molecule has 3 N–H and O–H groups in total. The molecule has 0 aliphatic carbocycles. The molecule has 0 aromatic carbocycles. The Bertz CT molecular complexity index is 619. The molecule has 19 heavy (non-hydrogen) atoms. The Hall–Kier alpha value is -1.22. The van der Waals surface area contributed by atoms with Crippen molar-refractivity contribution in [2.24, 2.45) is 0 Å². The van der Waals surface area contributed by atoms with Crippen LogP contribution < -0.4 is 10.0 Å². The van der Waals surface area contributed by atoms with Crippen LogP contribution in [0.2, 0.25) is 0 Å². The number of hydrogen-bond donors (Lipinski definition) is 3. The van der Waals surface area contributed by atoms with Crippen molar-refractivity contribution in [1.29, 1.82) is 0 Å². The minimum atomic E-state index is -3.49. The third kappa shape index (κ3) is 3.41. The lowest BCUT2D eigenvalue weighted by atomic mass is 10.2. The van der Waals surface area contributed by atoms with E-state index in [-0.39, 0.29) is 6.04 Å². The molecule has 0 saturated carbocycles. The van der Waals surface area contributed by atoms with Crippen molar-refractivity contribution in [2.75, 3.05) is 7.05 Å². The SMILES string of the molecule is CNCc1cc(S(=O)(=O)NC(C)c2cn[nH]c2)cs1. The molecule has 0 fully saturated rings. The third-order valence-corrected chi connectivity index (χ3v) is 5.25. The number of nitrogens with one attached hydrogen (secondary N) is 3. The van der Waals surface area contributed by atoms with Gasteiger partial charge in [-0.05, 0) is 20.0 Å². The van der Waals surface area contributed by atoms with Crippen molar-refractivity contribution >= 4 is 21.4 Å². The van der Waals surface area contributed by atoms with Gasteiger partial charge in [-0.3, -0.25) is 5.10 Å². The summed E-state index contributed by atoms with van der Waals surface area (Å²) in [6.45, 7) is 2.45. The first-order valence-electron chi connectivity index (χ1n) is 5.76. The van der Waals surface area contributed by atoms with Gasteiger partial charge in [-0.15, -0.1) is 11.3 Å². The molecule has 6 nitrogen and oxygen atoms in total. The van der Waals surface area contributed by atoms with Crippen LogP contribution in [0.4, 0.5) is 0 Å². The van der Waals surface area contributed by atoms with Gasteiger partial charge in [-0.1, -0.05) is 0 Å². The average Bonchev–Trinajstić information content (AvgIpc) is 2.99. The van der Waals surface area contributed by atoms with E-state index in [1.807, 2.05) is 7.05 Å². The Morgan fingerprint density at radius 3 is 2.95 bits per heavy atom. The number of aromatic amines is 1. The highest BCUT2D eigenvalue weighted by atomic mass is 32.2. The zero-order valence-corrected chi connectivity index (χ0v) is 12.3. The van der Waals surface area contributed by atoms with Crippen molar-refractivity contribution in [2.45, 2.75) is 24.4 Å². The standard InChI is InChI=1S/C11H16N4O2S2/c1-8(9-4-13-14-5-9)15-19(16,17)11-3-10(6-12-2)18-7-11/h3-5,7-8,12,15H,6H2,1-2H3,(H,13,14). The molecular weight excluding hydrogens is 284 g/mol. The minimum Gasteiger partial charge on any atom is -0.315 e. The number of aromatic nitrogens is 2. The summed E-state index contributed by atoms with van der Waals surface area (Å²) < 4.78 is 27.0. The first-order valence-corrected chi connectivity index (χ1v) is 8.12. The molecule has 0 aliphatic heterocycles. The van der Waals surface area contributed by atoms with Gasteiger partial charge < -0.3 is 5.32 Å². The van der Waals surface area contributed by atoms with Crippen LogP contribution in [0.5, 0.6) is 0 Å². The number of hydrogen-bond acceptors (Lipinski definition) is 5. The van der Waals surface area contributed by atoms with Crippen LogP contribution in [0.15, 0.2) is 28.7 Å². The normalized spacial score (nSPS) is 13.6. The highest BCUT2D eigenvalue weighted by Crippen LogP contribution is 2.21. The number of nitrogens with zero attached hydrogens (tertiary/aromatic N) is 1. The van der Waals surface area contributed by atoms with E-state index < -0.39 is 10.0 Å². The first-order chi connectivity index (χ1) is 9.03. The molecule has 0 amide bonds. The summed E-state index contributed by atoms with van der Waals surface area (Å²) in [6, 6.07) is 1.36. The number of H-pyrrole nitrogens is 1. The quantitative estimate of drug-likeness (QED) is 0.749. The van der Waals surface area contributed by atoms with E-state index in [0.717, 1.165) is 10.4 Å². The van der Waals surface area contributed by atoms with E-state index in [1.54, 1.807) is 30.8 Å². The van der Waals surface area contributed by atoms with E-state index in [4.69, 9.17) is 0 Å². The molecular formula is C11H16N4O2S2. The summed E-state index contributed by atoms with van der Waals surface area (Å²) in [4.78, 5) is 1.29. The Kier molecular flexibility index (Phi) is 4.35. The van der Waals surface area contributed by atoms with Gasteiger partial charge in [0.25, 0.3) is 0 Å². The number of rotatable bonds is 6. The van der Waals surface area contributed by atoms with Gasteiger partial charge in [0.1, 0.15) is 0 Å². The fourth-order valence-corrected chi connectivity index (χ4v) is 4.15. The summed E-state index contributed by atoms with van der Waals surface area (Å²) in [7, 11) is -1.67. The molecule has 2 aromatic rings. The highest BCUT2D eigenvalue weighted by Gasteiger charge is 2.20. The largest absolute Gasteiger partial charge is 0.315 e. The van der Waals surface area contributed by atoms with Crippen molar-refractivity contribution in [1.82, 2.24) is 20.2 Å². The van der Waals surface area contributed by atoms with E-state index in [0.29, 0.717) is 11.4 Å². The van der Waals surface area contributed by atoms with Gasteiger partial charge in [0.05, 0.1) is 11.1 Å². The average molecular weight is 300 g/mol. The molecule has 1 unspecified atom stereocenters. The molecule has 2 rings (SSSR count). The minimum absolute atomic E-state index is 0.304. The summed E-state index contributed by atoms with van der Waals surface area (Å²) >= 11 is 1.43. The van der Waals surface area contributed by atoms with Crippen LogP contribution in [-0.2, 0) is 16.6 Å². The molecule has 0 spiro atoms. The van der Waals surface area contributed by atoms with Gasteiger partial charge in [0.2, 0.25) is 10.0 Å². The summed E-state index contributed by atoms with van der Waals surface area (Å²) in [6.07, 6.45) is 3.28. The smallest absolute Gasteiger partial charge is 0.241 e. The monoisotopic (exact) mass is 300 g/mol. The molecule has 104 valence electrons. The molecule has 0 aliphatic rings. The maximum absolute atomic E-state index is 12.2. The molecule has 1 atom stereocenters. The van der Waals surface area contributed by atoms with Crippen LogP contribution in [-0.4, -0.2) is 25.7 Å². The molecule has 2 aromatic heterocycles. The maximum Gasteiger partial charge on any atom is 0.241 e. The fraction of sp³-hybridized carbons (Fsp3) is 0.364. The van der Waals surface area contributed by atoms with E-state index in [2.05, 4.69) is 20.2 Å². The van der Waals surface area contributed by atoms with Gasteiger partial charge in [0.15, 0.2) is 0 Å². The van der Waals surface area contributed by atoms with Crippen molar-refractivity contribution in [3.8, 4) is 0 Å². The lowest BCUT2D eigenvalue weighted by molar-refractivity contribution is 0.567. The van der Waals surface area contributed by atoms with Crippen LogP contribution in [0.25, 0.3) is 0 Å². The van der Waals surface area contributed by atoms with Crippen molar-refractivity contribution in [3.05, 3.63) is 34.3 Å². The molecule has 2 heterocycles. The predicted octanol–water partition coefficient (Wildman–Crippen LogP) is 1.23. The van der Waals surface area contributed by atoms with Gasteiger partial charge in [-0.25, -0.2) is 13.1 Å². The van der Waals surface area contributed by atoms with Crippen LogP contribution in [0.3, 0.4) is 0 Å². The summed E-state index contributed by atoms with van der Waals surface area (Å²) in [5.41, 5.74) is 0.800. The first kappa shape index (κ1) is 14.2. The lowest BCUT2D eigenvalue weighted by Crippen LogP contribution is -2.26. The molecule has 8 heteroatoms. The van der Waals surface area contributed by atoms with Crippen molar-refractivity contribution in [3.63, 3.8) is 0 Å².